The van der Waals surface area contributed by atoms with Gasteiger partial charge in [0.25, 0.3) is 5.91 Å². The third-order valence-electron chi connectivity index (χ3n) is 3.20. The van der Waals surface area contributed by atoms with E-state index in [4.69, 9.17) is 11.6 Å². The molecule has 0 aliphatic carbocycles. The Labute approximate surface area is 156 Å². The molecule has 0 saturated carbocycles. The van der Waals surface area contributed by atoms with Gasteiger partial charge in [0.15, 0.2) is 0 Å². The molecule has 7 heteroatoms. The summed E-state index contributed by atoms with van der Waals surface area (Å²) in [5, 5.41) is 8.80. The predicted molar refractivity (Wildman–Crippen MR) is 102 cm³/mol. The maximum absolute atomic E-state index is 11.9. The predicted octanol–water partition coefficient (Wildman–Crippen LogP) is 3.16. The highest BCUT2D eigenvalue weighted by atomic mass is 35.5. The summed E-state index contributed by atoms with van der Waals surface area (Å²) in [6, 6.07) is 16.4. The molecule has 2 rings (SSSR count). The largest absolute Gasteiger partial charge is 0.350 e. The average Bonchev–Trinajstić information content (AvgIpc) is 2.63. The van der Waals surface area contributed by atoms with Gasteiger partial charge >= 0.3 is 6.03 Å². The second-order valence-electron chi connectivity index (χ2n) is 5.11. The van der Waals surface area contributed by atoms with Crippen LogP contribution in [0.5, 0.6) is 0 Å². The quantitative estimate of drug-likeness (QED) is 0.489. The number of benzene rings is 2. The van der Waals surface area contributed by atoms with E-state index >= 15 is 0 Å². The lowest BCUT2D eigenvalue weighted by Crippen LogP contribution is -2.41. The van der Waals surface area contributed by atoms with E-state index in [1.165, 1.54) is 4.90 Å². The number of carbonyl (C=O) groups excluding carboxylic acids is 2. The van der Waals surface area contributed by atoms with Crippen molar-refractivity contribution in [3.63, 3.8) is 0 Å². The highest BCUT2D eigenvalue weighted by Crippen LogP contribution is 2.15. The molecule has 25 heavy (non-hydrogen) atoms. The lowest BCUT2D eigenvalue weighted by atomic mass is 10.2. The van der Waals surface area contributed by atoms with Crippen LogP contribution in [-0.4, -0.2) is 37.3 Å². The van der Waals surface area contributed by atoms with Gasteiger partial charge < -0.3 is 16.0 Å². The lowest BCUT2D eigenvalue weighted by molar-refractivity contribution is 0.0954. The number of hydrogen-bond acceptors (Lipinski definition) is 3. The van der Waals surface area contributed by atoms with Gasteiger partial charge in [0.05, 0.1) is 0 Å². The summed E-state index contributed by atoms with van der Waals surface area (Å²) >= 11 is 7.46. The van der Waals surface area contributed by atoms with E-state index in [0.717, 1.165) is 5.75 Å². The maximum atomic E-state index is 11.9. The van der Waals surface area contributed by atoms with E-state index in [-0.39, 0.29) is 11.9 Å². The zero-order valence-electron chi connectivity index (χ0n) is 13.6. The van der Waals surface area contributed by atoms with Gasteiger partial charge in [-0.2, -0.15) is 0 Å². The fourth-order valence-corrected chi connectivity index (χ4v) is 2.88. The van der Waals surface area contributed by atoms with Crippen LogP contribution < -0.4 is 16.0 Å². The number of urea groups is 1. The number of carbonyl (C=O) groups is 2. The normalized spacial score (nSPS) is 10.1. The molecule has 3 N–H and O–H groups in total. The molecular weight excluding hydrogens is 358 g/mol. The lowest BCUT2D eigenvalue weighted by Gasteiger charge is -2.09. The number of thioether (sulfide) groups is 1. The summed E-state index contributed by atoms with van der Waals surface area (Å²) in [6.07, 6.45) is 0. The molecular formula is C18H20ClN3O2S. The first-order valence-electron chi connectivity index (χ1n) is 7.88. The number of halogens is 1. The highest BCUT2D eigenvalue weighted by molar-refractivity contribution is 7.99. The Balaban J connectivity index is 1.53. The number of amides is 3. The van der Waals surface area contributed by atoms with Crippen molar-refractivity contribution in [2.24, 2.45) is 0 Å². The van der Waals surface area contributed by atoms with Crippen molar-refractivity contribution in [1.82, 2.24) is 16.0 Å². The fourth-order valence-electron chi connectivity index (χ4n) is 1.97. The van der Waals surface area contributed by atoms with Crippen molar-refractivity contribution in [2.45, 2.75) is 4.90 Å². The molecule has 3 amide bonds. The Bertz CT molecular complexity index is 680. The zero-order chi connectivity index (χ0) is 17.9. The topological polar surface area (TPSA) is 70.2 Å². The molecule has 2 aromatic rings. The first kappa shape index (κ1) is 19.1. The fraction of sp³-hybridized carbons (Fsp3) is 0.222. The van der Waals surface area contributed by atoms with Gasteiger partial charge in [0, 0.05) is 40.9 Å². The maximum Gasteiger partial charge on any atom is 0.314 e. The van der Waals surface area contributed by atoms with Crippen molar-refractivity contribution in [3.8, 4) is 0 Å². The van der Waals surface area contributed by atoms with Crippen molar-refractivity contribution in [3.05, 3.63) is 65.2 Å². The van der Waals surface area contributed by atoms with E-state index in [2.05, 4.69) is 16.0 Å². The standard InChI is InChI=1S/C18H20ClN3O2S/c19-15-8-6-14(7-9-15)17(23)20-10-11-21-18(24)22-12-13-25-16-4-2-1-3-5-16/h1-9H,10-13H2,(H,20,23)(H2,21,22,24). The van der Waals surface area contributed by atoms with E-state index in [1.807, 2.05) is 30.3 Å². The molecule has 0 saturated heterocycles. The Morgan fingerprint density at radius 1 is 0.840 bits per heavy atom. The molecule has 0 aromatic heterocycles. The Kier molecular flexibility index (Phi) is 8.15. The molecule has 0 heterocycles. The molecule has 0 bridgehead atoms. The van der Waals surface area contributed by atoms with Crippen molar-refractivity contribution >= 4 is 35.3 Å². The van der Waals surface area contributed by atoms with Gasteiger partial charge in [0.2, 0.25) is 0 Å². The second kappa shape index (κ2) is 10.6. The van der Waals surface area contributed by atoms with Crippen LogP contribution in [0.15, 0.2) is 59.5 Å². The molecule has 0 spiro atoms. The van der Waals surface area contributed by atoms with Gasteiger partial charge in [-0.15, -0.1) is 11.8 Å². The van der Waals surface area contributed by atoms with Gasteiger partial charge in [-0.3, -0.25) is 4.79 Å². The molecule has 0 fully saturated rings. The second-order valence-corrected chi connectivity index (χ2v) is 6.71. The van der Waals surface area contributed by atoms with Crippen LogP contribution in [0.25, 0.3) is 0 Å². The highest BCUT2D eigenvalue weighted by Gasteiger charge is 2.05. The summed E-state index contributed by atoms with van der Waals surface area (Å²) in [6.45, 7) is 1.28. The summed E-state index contributed by atoms with van der Waals surface area (Å²) in [5.41, 5.74) is 0.534. The van der Waals surface area contributed by atoms with E-state index in [1.54, 1.807) is 36.0 Å². The van der Waals surface area contributed by atoms with Crippen LogP contribution in [0, 0.1) is 0 Å². The first-order chi connectivity index (χ1) is 12.1. The average molecular weight is 378 g/mol. The third kappa shape index (κ3) is 7.49. The van der Waals surface area contributed by atoms with Gasteiger partial charge in [-0.1, -0.05) is 29.8 Å². The Morgan fingerprint density at radius 2 is 1.48 bits per heavy atom. The van der Waals surface area contributed by atoms with Crippen LogP contribution in [0.3, 0.4) is 0 Å². The number of rotatable bonds is 8. The minimum Gasteiger partial charge on any atom is -0.350 e. The van der Waals surface area contributed by atoms with Crippen LogP contribution in [0.1, 0.15) is 10.4 Å². The molecule has 0 unspecified atom stereocenters. The van der Waals surface area contributed by atoms with Crippen LogP contribution in [-0.2, 0) is 0 Å². The molecule has 0 aliphatic rings. The Morgan fingerprint density at radius 3 is 2.20 bits per heavy atom. The van der Waals surface area contributed by atoms with E-state index < -0.39 is 0 Å². The SMILES string of the molecule is O=C(NCCNC(=O)c1ccc(Cl)cc1)NCCSc1ccccc1. The smallest absolute Gasteiger partial charge is 0.314 e. The Hall–Kier alpha value is -2.18. The van der Waals surface area contributed by atoms with Gasteiger partial charge in [0.1, 0.15) is 0 Å². The number of nitrogens with one attached hydrogen (secondary N) is 3. The summed E-state index contributed by atoms with van der Waals surface area (Å²) < 4.78 is 0. The van der Waals surface area contributed by atoms with Crippen molar-refractivity contribution in [2.75, 3.05) is 25.4 Å². The molecule has 0 aliphatic heterocycles. The first-order valence-corrected chi connectivity index (χ1v) is 9.25. The van der Waals surface area contributed by atoms with Crippen LogP contribution in [0.2, 0.25) is 5.02 Å². The van der Waals surface area contributed by atoms with E-state index in [0.29, 0.717) is 30.2 Å². The molecule has 5 nitrogen and oxygen atoms in total. The summed E-state index contributed by atoms with van der Waals surface area (Å²) in [7, 11) is 0. The zero-order valence-corrected chi connectivity index (χ0v) is 15.2. The summed E-state index contributed by atoms with van der Waals surface area (Å²) in [5.74, 6) is 0.600. The monoisotopic (exact) mass is 377 g/mol. The molecule has 132 valence electrons. The molecule has 2 aromatic carbocycles. The van der Waals surface area contributed by atoms with Crippen molar-refractivity contribution in [1.29, 1.82) is 0 Å². The minimum atomic E-state index is -0.241. The van der Waals surface area contributed by atoms with E-state index in [9.17, 15) is 9.59 Å². The van der Waals surface area contributed by atoms with Crippen LogP contribution >= 0.6 is 23.4 Å². The van der Waals surface area contributed by atoms with Crippen LogP contribution in [0.4, 0.5) is 4.79 Å². The van der Waals surface area contributed by atoms with Gasteiger partial charge in [-0.05, 0) is 36.4 Å². The summed E-state index contributed by atoms with van der Waals surface area (Å²) in [4.78, 5) is 24.7. The van der Waals surface area contributed by atoms with Crippen molar-refractivity contribution < 1.29 is 9.59 Å². The molecule has 0 radical (unpaired) electrons. The number of hydrogen-bond donors (Lipinski definition) is 3. The minimum absolute atomic E-state index is 0.196. The third-order valence-corrected chi connectivity index (χ3v) is 4.47. The van der Waals surface area contributed by atoms with Gasteiger partial charge in [-0.25, -0.2) is 4.79 Å². The molecule has 0 atom stereocenters.